The van der Waals surface area contributed by atoms with Gasteiger partial charge in [0.05, 0.1) is 27.9 Å². The predicted molar refractivity (Wildman–Crippen MR) is 139 cm³/mol. The summed E-state index contributed by atoms with van der Waals surface area (Å²) >= 11 is 1.10. The fraction of sp³-hybridized carbons (Fsp3) is 0.200. The Labute approximate surface area is 207 Å². The number of hydrogen-bond donors (Lipinski definition) is 1. The fourth-order valence-electron chi connectivity index (χ4n) is 3.72. The van der Waals surface area contributed by atoms with E-state index in [1.807, 2.05) is 13.8 Å². The normalized spacial score (nSPS) is 11.5. The first-order chi connectivity index (χ1) is 16.7. The van der Waals surface area contributed by atoms with Crippen LogP contribution < -0.4 is 19.2 Å². The van der Waals surface area contributed by atoms with Gasteiger partial charge in [-0.15, -0.1) is 0 Å². The van der Waals surface area contributed by atoms with E-state index in [0.29, 0.717) is 17.1 Å². The molecule has 0 aliphatic heterocycles. The van der Waals surface area contributed by atoms with Crippen LogP contribution in [0.15, 0.2) is 82.5 Å². The lowest BCUT2D eigenvalue weighted by atomic mass is 10.2. The predicted octanol–water partition coefficient (Wildman–Crippen LogP) is 4.49. The van der Waals surface area contributed by atoms with E-state index in [-0.39, 0.29) is 15.8 Å². The second-order valence-corrected chi connectivity index (χ2v) is 10.9. The minimum Gasteiger partial charge on any atom is -0.497 e. The summed E-state index contributed by atoms with van der Waals surface area (Å²) in [5.74, 6) is 0.0119. The molecule has 0 bridgehead atoms. The lowest BCUT2D eigenvalue weighted by molar-refractivity contribution is -0.114. The summed E-state index contributed by atoms with van der Waals surface area (Å²) in [5.41, 5.74) is 1.64. The third-order valence-electron chi connectivity index (χ3n) is 5.39. The topological polar surface area (TPSA) is 97.7 Å². The highest BCUT2D eigenvalue weighted by Crippen LogP contribution is 2.26. The highest BCUT2D eigenvalue weighted by Gasteiger charge is 2.27. The molecule has 0 radical (unpaired) electrons. The lowest BCUT2D eigenvalue weighted by Gasteiger charge is -2.24. The van der Waals surface area contributed by atoms with Crippen LogP contribution in [0.4, 0.5) is 11.4 Å². The van der Waals surface area contributed by atoms with Crippen molar-refractivity contribution in [2.75, 3.05) is 23.3 Å². The van der Waals surface area contributed by atoms with Crippen molar-refractivity contribution in [3.8, 4) is 5.75 Å². The van der Waals surface area contributed by atoms with Gasteiger partial charge in [0, 0.05) is 11.7 Å². The van der Waals surface area contributed by atoms with Crippen LogP contribution in [-0.4, -0.2) is 32.5 Å². The van der Waals surface area contributed by atoms with Crippen molar-refractivity contribution < 1.29 is 17.9 Å². The Bertz CT molecular complexity index is 1510. The van der Waals surface area contributed by atoms with Gasteiger partial charge in [0.2, 0.25) is 5.91 Å². The molecule has 0 saturated heterocycles. The van der Waals surface area contributed by atoms with Crippen LogP contribution in [0.1, 0.15) is 19.9 Å². The first kappa shape index (κ1) is 24.5. The summed E-state index contributed by atoms with van der Waals surface area (Å²) in [5, 5.41) is 2.76. The zero-order chi connectivity index (χ0) is 25.2. The molecule has 4 aromatic rings. The molecular weight excluding hydrogens is 486 g/mol. The number of amides is 1. The molecule has 1 aromatic heterocycles. The summed E-state index contributed by atoms with van der Waals surface area (Å²) < 4.78 is 35.6. The van der Waals surface area contributed by atoms with Gasteiger partial charge in [-0.25, -0.2) is 8.42 Å². The summed E-state index contributed by atoms with van der Waals surface area (Å²) in [4.78, 5) is 25.3. The molecule has 1 N–H and O–H groups in total. The van der Waals surface area contributed by atoms with E-state index in [1.54, 1.807) is 65.2 Å². The molecule has 0 atom stereocenters. The van der Waals surface area contributed by atoms with E-state index in [2.05, 4.69) is 5.32 Å². The van der Waals surface area contributed by atoms with E-state index in [9.17, 15) is 18.0 Å². The number of nitrogens with one attached hydrogen (secondary N) is 1. The number of nitrogens with zero attached hydrogens (tertiary/aromatic N) is 2. The van der Waals surface area contributed by atoms with E-state index < -0.39 is 22.5 Å². The maximum Gasteiger partial charge on any atom is 0.308 e. The molecule has 0 aliphatic carbocycles. The molecule has 3 aromatic carbocycles. The summed E-state index contributed by atoms with van der Waals surface area (Å²) in [6, 6.07) is 19.7. The van der Waals surface area contributed by atoms with Crippen LogP contribution in [0.25, 0.3) is 10.2 Å². The zero-order valence-electron chi connectivity index (χ0n) is 19.5. The number of aromatic nitrogens is 1. The number of benzene rings is 3. The highest BCUT2D eigenvalue weighted by molar-refractivity contribution is 7.92. The largest absolute Gasteiger partial charge is 0.497 e. The first-order valence-electron chi connectivity index (χ1n) is 10.9. The van der Waals surface area contributed by atoms with Crippen molar-refractivity contribution in [1.29, 1.82) is 0 Å². The highest BCUT2D eigenvalue weighted by atomic mass is 32.2. The SMILES string of the molecule is COc1ccc(S(=O)(=O)N(CC(=O)Nc2ccc3c(c2)sc(=O)n3C(C)C)c2ccccc2)cc1. The van der Waals surface area contributed by atoms with E-state index in [0.717, 1.165) is 25.9 Å². The number of methoxy groups -OCH3 is 1. The second kappa shape index (κ2) is 9.93. The molecule has 0 spiro atoms. The number of para-hydroxylation sites is 1. The smallest absolute Gasteiger partial charge is 0.308 e. The van der Waals surface area contributed by atoms with Gasteiger partial charge in [-0.1, -0.05) is 29.5 Å². The number of ether oxygens (including phenoxy) is 1. The Morgan fingerprint density at radius 3 is 2.37 bits per heavy atom. The second-order valence-electron chi connectivity index (χ2n) is 8.09. The van der Waals surface area contributed by atoms with Gasteiger partial charge >= 0.3 is 4.87 Å². The van der Waals surface area contributed by atoms with Crippen LogP contribution in [-0.2, 0) is 14.8 Å². The molecule has 0 unspecified atom stereocenters. The maximum absolute atomic E-state index is 13.5. The van der Waals surface area contributed by atoms with Crippen molar-refractivity contribution in [2.45, 2.75) is 24.8 Å². The summed E-state index contributed by atoms with van der Waals surface area (Å²) in [6.07, 6.45) is 0. The van der Waals surface area contributed by atoms with Crippen LogP contribution in [0.3, 0.4) is 0 Å². The zero-order valence-corrected chi connectivity index (χ0v) is 21.1. The molecule has 10 heteroatoms. The van der Waals surface area contributed by atoms with Gasteiger partial charge in [0.25, 0.3) is 10.0 Å². The molecule has 4 rings (SSSR count). The molecule has 0 fully saturated rings. The van der Waals surface area contributed by atoms with Crippen molar-refractivity contribution >= 4 is 48.9 Å². The van der Waals surface area contributed by atoms with Gasteiger partial charge in [0.1, 0.15) is 12.3 Å². The van der Waals surface area contributed by atoms with E-state index in [1.165, 1.54) is 19.2 Å². The Hall–Kier alpha value is -3.63. The maximum atomic E-state index is 13.5. The number of rotatable bonds is 8. The van der Waals surface area contributed by atoms with Crippen molar-refractivity contribution in [3.05, 3.63) is 82.5 Å². The van der Waals surface area contributed by atoms with Gasteiger partial charge in [-0.3, -0.25) is 18.5 Å². The van der Waals surface area contributed by atoms with Crippen LogP contribution >= 0.6 is 11.3 Å². The minimum atomic E-state index is -4.04. The summed E-state index contributed by atoms with van der Waals surface area (Å²) in [7, 11) is -2.54. The fourth-order valence-corrected chi connectivity index (χ4v) is 6.19. The van der Waals surface area contributed by atoms with Gasteiger partial charge in [-0.05, 0) is 68.4 Å². The molecule has 182 valence electrons. The molecule has 0 aliphatic rings. The average molecular weight is 512 g/mol. The standard InChI is InChI=1S/C25H25N3O5S2/c1-17(2)28-22-14-9-18(15-23(22)34-25(28)30)26-24(29)16-27(19-7-5-4-6-8-19)35(31,32)21-12-10-20(33-3)11-13-21/h4-15,17H,16H2,1-3H3,(H,26,29). The van der Waals surface area contributed by atoms with Gasteiger partial charge < -0.3 is 10.1 Å². The van der Waals surface area contributed by atoms with Crippen LogP contribution in [0.5, 0.6) is 5.75 Å². The van der Waals surface area contributed by atoms with Gasteiger partial charge in [0.15, 0.2) is 0 Å². The van der Waals surface area contributed by atoms with Crippen molar-refractivity contribution in [3.63, 3.8) is 0 Å². The quantitative estimate of drug-likeness (QED) is 0.376. The number of anilines is 2. The monoisotopic (exact) mass is 511 g/mol. The third kappa shape index (κ3) is 5.08. The molecule has 35 heavy (non-hydrogen) atoms. The molecule has 1 heterocycles. The Morgan fingerprint density at radius 2 is 1.74 bits per heavy atom. The van der Waals surface area contributed by atoms with E-state index >= 15 is 0 Å². The Kier molecular flexibility index (Phi) is 6.95. The number of hydrogen-bond acceptors (Lipinski definition) is 6. The average Bonchev–Trinajstić information content (AvgIpc) is 3.18. The number of fused-ring (bicyclic) bond motifs is 1. The van der Waals surface area contributed by atoms with E-state index in [4.69, 9.17) is 4.74 Å². The minimum absolute atomic E-state index is 0.0132. The Balaban J connectivity index is 1.62. The molecular formula is C25H25N3O5S2. The lowest BCUT2D eigenvalue weighted by Crippen LogP contribution is -2.38. The Morgan fingerprint density at radius 1 is 1.06 bits per heavy atom. The van der Waals surface area contributed by atoms with Crippen LogP contribution in [0, 0.1) is 0 Å². The van der Waals surface area contributed by atoms with Gasteiger partial charge in [-0.2, -0.15) is 0 Å². The molecule has 8 nitrogen and oxygen atoms in total. The van der Waals surface area contributed by atoms with Crippen LogP contribution in [0.2, 0.25) is 0 Å². The molecule has 1 amide bonds. The molecule has 0 saturated carbocycles. The number of carbonyl (C=O) groups is 1. The number of carbonyl (C=O) groups excluding carboxylic acids is 1. The first-order valence-corrected chi connectivity index (χ1v) is 13.1. The number of thiazole rings is 1. The summed E-state index contributed by atoms with van der Waals surface area (Å²) in [6.45, 7) is 3.44. The third-order valence-corrected chi connectivity index (χ3v) is 8.10. The van der Waals surface area contributed by atoms with Crippen molar-refractivity contribution in [2.24, 2.45) is 0 Å². The van der Waals surface area contributed by atoms with Crippen molar-refractivity contribution in [1.82, 2.24) is 4.57 Å². The number of sulfonamides is 1.